The molecule has 0 aliphatic carbocycles. The van der Waals surface area contributed by atoms with Crippen LogP contribution < -0.4 is 0 Å². The summed E-state index contributed by atoms with van der Waals surface area (Å²) < 4.78 is 25.6. The van der Waals surface area contributed by atoms with E-state index in [0.717, 1.165) is 48.3 Å². The molecule has 0 spiro atoms. The highest BCUT2D eigenvalue weighted by atomic mass is 35.5. The van der Waals surface area contributed by atoms with Crippen LogP contribution in [0.25, 0.3) is 0 Å². The van der Waals surface area contributed by atoms with Crippen LogP contribution >= 0.6 is 23.7 Å². The first-order valence-electron chi connectivity index (χ1n) is 10.8. The second kappa shape index (κ2) is 9.54. The maximum atomic E-state index is 13.3. The first-order chi connectivity index (χ1) is 14.6. The van der Waals surface area contributed by atoms with Crippen molar-refractivity contribution < 1.29 is 18.0 Å². The lowest BCUT2D eigenvalue weighted by molar-refractivity contribution is -0.129. The molecule has 2 amide bonds. The summed E-state index contributed by atoms with van der Waals surface area (Å²) in [5, 5.41) is 2.70. The summed E-state index contributed by atoms with van der Waals surface area (Å²) in [6.07, 6.45) is 1.54. The van der Waals surface area contributed by atoms with Crippen molar-refractivity contribution in [3.63, 3.8) is 0 Å². The minimum Gasteiger partial charge on any atom is -0.331 e. The van der Waals surface area contributed by atoms with Crippen LogP contribution in [-0.4, -0.2) is 102 Å². The summed E-state index contributed by atoms with van der Waals surface area (Å²) in [5.41, 5.74) is 0.391. The van der Waals surface area contributed by atoms with E-state index >= 15 is 0 Å². The van der Waals surface area contributed by atoms with Crippen LogP contribution in [0.15, 0.2) is 5.38 Å². The number of likely N-dealkylation sites (tertiary alicyclic amines) is 1. The Kier molecular flexibility index (Phi) is 7.56. The highest BCUT2D eigenvalue weighted by molar-refractivity contribution is 7.88. The number of rotatable bonds is 5. The van der Waals surface area contributed by atoms with Gasteiger partial charge in [-0.1, -0.05) is 13.8 Å². The Morgan fingerprint density at radius 2 is 1.88 bits per heavy atom. The zero-order chi connectivity index (χ0) is 22.5. The number of carbonyl (C=O) groups is 2. The Morgan fingerprint density at radius 3 is 2.47 bits per heavy atom. The average Bonchev–Trinajstić information content (AvgIpc) is 3.36. The number of carbonyl (C=O) groups excluding carboxylic acids is 2. The minimum absolute atomic E-state index is 0. The van der Waals surface area contributed by atoms with Crippen molar-refractivity contribution in [3.8, 4) is 0 Å². The number of thiazole rings is 1. The van der Waals surface area contributed by atoms with Crippen LogP contribution in [0.2, 0.25) is 0 Å². The third-order valence-corrected chi connectivity index (χ3v) is 8.65. The van der Waals surface area contributed by atoms with E-state index in [1.165, 1.54) is 11.3 Å². The molecular formula is C20H32ClN5O4S2. The third kappa shape index (κ3) is 4.68. The van der Waals surface area contributed by atoms with Gasteiger partial charge in [0.05, 0.1) is 30.8 Å². The molecule has 4 rings (SSSR count). The largest absolute Gasteiger partial charge is 0.331 e. The van der Waals surface area contributed by atoms with Crippen LogP contribution in [0.1, 0.15) is 35.8 Å². The molecule has 3 aliphatic heterocycles. The molecule has 1 aromatic rings. The summed E-state index contributed by atoms with van der Waals surface area (Å²) in [6.45, 7) is 8.98. The fourth-order valence-corrected chi connectivity index (χ4v) is 7.08. The lowest BCUT2D eigenvalue weighted by Crippen LogP contribution is -2.44. The van der Waals surface area contributed by atoms with Crippen LogP contribution in [0.3, 0.4) is 0 Å². The van der Waals surface area contributed by atoms with Gasteiger partial charge in [-0.15, -0.1) is 23.7 Å². The van der Waals surface area contributed by atoms with Crippen LogP contribution in [-0.2, 0) is 21.4 Å². The van der Waals surface area contributed by atoms with Crippen LogP contribution in [0.5, 0.6) is 0 Å². The van der Waals surface area contributed by atoms with Crippen LogP contribution in [0.4, 0.5) is 0 Å². The van der Waals surface area contributed by atoms with E-state index < -0.39 is 28.0 Å². The number of hydrogen-bond acceptors (Lipinski definition) is 8. The van der Waals surface area contributed by atoms with E-state index in [4.69, 9.17) is 0 Å². The van der Waals surface area contributed by atoms with Crippen molar-refractivity contribution in [2.24, 2.45) is 11.8 Å². The fourth-order valence-electron chi connectivity index (χ4n) is 5.10. The predicted molar refractivity (Wildman–Crippen MR) is 125 cm³/mol. The summed E-state index contributed by atoms with van der Waals surface area (Å²) in [5.74, 6) is -1.18. The number of halogens is 1. The average molecular weight is 506 g/mol. The highest BCUT2D eigenvalue weighted by Gasteiger charge is 2.58. The number of hydrogen-bond donors (Lipinski definition) is 0. The monoisotopic (exact) mass is 505 g/mol. The number of sulfonamides is 1. The van der Waals surface area contributed by atoms with Gasteiger partial charge in [0.2, 0.25) is 15.9 Å². The number of fused-ring (bicyclic) bond motifs is 1. The SMILES string of the molecule is CC(C)[C@@H]1C(=O)N(S(C)(=O)=O)[C@@H]2CCN(C(=O)c3csc(CN4CCN(C)CC4)n3)[C@H]21.Cl. The Hall–Kier alpha value is -1.27. The molecule has 1 aromatic heterocycles. The first kappa shape index (κ1) is 25.4. The molecule has 180 valence electrons. The molecule has 9 nitrogen and oxygen atoms in total. The van der Waals surface area contributed by atoms with Gasteiger partial charge in [0.1, 0.15) is 10.7 Å². The molecule has 0 radical (unpaired) electrons. The molecule has 3 aliphatic rings. The van der Waals surface area contributed by atoms with Crippen molar-refractivity contribution in [2.45, 2.75) is 38.9 Å². The quantitative estimate of drug-likeness (QED) is 0.588. The lowest BCUT2D eigenvalue weighted by atomic mass is 9.88. The topological polar surface area (TPSA) is 94.1 Å². The van der Waals surface area contributed by atoms with Gasteiger partial charge >= 0.3 is 0 Å². The zero-order valence-electron chi connectivity index (χ0n) is 18.9. The van der Waals surface area contributed by atoms with Gasteiger partial charge in [0.15, 0.2) is 0 Å². The van der Waals surface area contributed by atoms with Gasteiger partial charge in [0, 0.05) is 38.1 Å². The molecule has 12 heteroatoms. The molecule has 3 atom stereocenters. The third-order valence-electron chi connectivity index (χ3n) is 6.65. The maximum absolute atomic E-state index is 13.3. The van der Waals surface area contributed by atoms with Gasteiger partial charge in [-0.2, -0.15) is 0 Å². The second-order valence-corrected chi connectivity index (χ2v) is 12.0. The Morgan fingerprint density at radius 1 is 1.22 bits per heavy atom. The fraction of sp³-hybridized carbons (Fsp3) is 0.750. The highest BCUT2D eigenvalue weighted by Crippen LogP contribution is 2.41. The van der Waals surface area contributed by atoms with Crippen molar-refractivity contribution >= 4 is 45.6 Å². The number of likely N-dealkylation sites (N-methyl/N-ethyl adjacent to an activating group) is 1. The van der Waals surface area contributed by atoms with E-state index in [0.29, 0.717) is 18.7 Å². The molecule has 32 heavy (non-hydrogen) atoms. The molecule has 0 bridgehead atoms. The summed E-state index contributed by atoms with van der Waals surface area (Å²) in [6, 6.07) is -0.917. The molecule has 4 heterocycles. The number of nitrogens with zero attached hydrogens (tertiary/aromatic N) is 5. The van der Waals surface area contributed by atoms with E-state index in [-0.39, 0.29) is 30.1 Å². The number of amides is 2. The Bertz CT molecular complexity index is 961. The van der Waals surface area contributed by atoms with Crippen molar-refractivity contribution in [2.75, 3.05) is 46.0 Å². The molecule has 0 saturated carbocycles. The number of piperazine rings is 1. The van der Waals surface area contributed by atoms with Crippen molar-refractivity contribution in [1.82, 2.24) is 24.0 Å². The first-order valence-corrected chi connectivity index (χ1v) is 13.5. The second-order valence-electron chi connectivity index (χ2n) is 9.22. The van der Waals surface area contributed by atoms with E-state index in [2.05, 4.69) is 21.8 Å². The molecule has 3 fully saturated rings. The zero-order valence-corrected chi connectivity index (χ0v) is 21.4. The lowest BCUT2D eigenvalue weighted by Gasteiger charge is -2.31. The minimum atomic E-state index is -3.68. The Labute approximate surface area is 200 Å². The van der Waals surface area contributed by atoms with Gasteiger partial charge in [-0.3, -0.25) is 14.5 Å². The maximum Gasteiger partial charge on any atom is 0.273 e. The van der Waals surface area contributed by atoms with Gasteiger partial charge in [0.25, 0.3) is 5.91 Å². The summed E-state index contributed by atoms with van der Waals surface area (Å²) in [4.78, 5) is 37.2. The van der Waals surface area contributed by atoms with Crippen molar-refractivity contribution in [3.05, 3.63) is 16.1 Å². The summed E-state index contributed by atoms with van der Waals surface area (Å²) in [7, 11) is -1.56. The van der Waals surface area contributed by atoms with Gasteiger partial charge in [-0.25, -0.2) is 17.7 Å². The van der Waals surface area contributed by atoms with E-state index in [1.54, 1.807) is 10.3 Å². The van der Waals surface area contributed by atoms with E-state index in [1.807, 2.05) is 13.8 Å². The summed E-state index contributed by atoms with van der Waals surface area (Å²) >= 11 is 1.48. The predicted octanol–water partition coefficient (Wildman–Crippen LogP) is 0.969. The van der Waals surface area contributed by atoms with Gasteiger partial charge in [-0.05, 0) is 19.4 Å². The van der Waals surface area contributed by atoms with Crippen molar-refractivity contribution in [1.29, 1.82) is 0 Å². The molecule has 0 N–H and O–H groups in total. The molecular weight excluding hydrogens is 474 g/mol. The Balaban J connectivity index is 0.00000289. The van der Waals surface area contributed by atoms with E-state index in [9.17, 15) is 18.0 Å². The number of aromatic nitrogens is 1. The van der Waals surface area contributed by atoms with Gasteiger partial charge < -0.3 is 9.80 Å². The molecule has 3 saturated heterocycles. The standard InChI is InChI=1S/C20H31N5O4S2.ClH/c1-13(2)17-18-15(25(20(17)27)31(4,28)29)5-6-24(18)19(26)14-12-30-16(21-14)11-23-9-7-22(3)8-10-23;/h12-13,15,17-18H,5-11H2,1-4H3;1H/t15-,17+,18-;/m1./s1. The van der Waals surface area contributed by atoms with Crippen LogP contribution in [0, 0.1) is 11.8 Å². The molecule has 0 aromatic carbocycles. The smallest absolute Gasteiger partial charge is 0.273 e. The molecule has 0 unspecified atom stereocenters. The normalized spacial score (nSPS) is 27.2.